The molecule has 0 spiro atoms. The Kier molecular flexibility index (Phi) is 7.76. The summed E-state index contributed by atoms with van der Waals surface area (Å²) in [5, 5.41) is 21.1. The zero-order valence-electron chi connectivity index (χ0n) is 18.7. The van der Waals surface area contributed by atoms with Crippen LogP contribution in [0.3, 0.4) is 0 Å². The Morgan fingerprint density at radius 2 is 2.10 bits per heavy atom. The highest BCUT2D eigenvalue weighted by Crippen LogP contribution is 2.48. The van der Waals surface area contributed by atoms with Crippen molar-refractivity contribution in [2.45, 2.75) is 64.1 Å². The van der Waals surface area contributed by atoms with E-state index in [1.54, 1.807) is 0 Å². The molecule has 1 aliphatic heterocycles. The van der Waals surface area contributed by atoms with Gasteiger partial charge in [-0.2, -0.15) is 0 Å². The van der Waals surface area contributed by atoms with Crippen molar-refractivity contribution in [1.29, 1.82) is 0 Å². The van der Waals surface area contributed by atoms with Crippen LogP contribution in [0, 0.1) is 24.7 Å². The summed E-state index contributed by atoms with van der Waals surface area (Å²) in [6, 6.07) is 8.29. The largest absolute Gasteiger partial charge is 0.392 e. The number of thiocarbonyl (C=S) groups is 1. The fraction of sp³-hybridized carbons (Fsp3) is 0.593. The van der Waals surface area contributed by atoms with Gasteiger partial charge < -0.3 is 15.1 Å². The zero-order valence-corrected chi connectivity index (χ0v) is 19.6. The van der Waals surface area contributed by atoms with Crippen LogP contribution in [0.25, 0.3) is 0 Å². The van der Waals surface area contributed by atoms with Crippen molar-refractivity contribution in [3.05, 3.63) is 59.2 Å². The lowest BCUT2D eigenvalue weighted by molar-refractivity contribution is 0.140. The van der Waals surface area contributed by atoms with Crippen LogP contribution in [-0.2, 0) is 6.42 Å². The summed E-state index contributed by atoms with van der Waals surface area (Å²) >= 11 is 5.70. The van der Waals surface area contributed by atoms with Crippen molar-refractivity contribution in [2.75, 3.05) is 19.6 Å². The van der Waals surface area contributed by atoms with E-state index in [-0.39, 0.29) is 12.0 Å². The molecule has 168 valence electrons. The molecule has 1 saturated heterocycles. The molecule has 2 fully saturated rings. The number of nitrogens with zero attached hydrogens (tertiary/aromatic N) is 1. The Bertz CT molecular complexity index is 826. The first kappa shape index (κ1) is 22.8. The summed E-state index contributed by atoms with van der Waals surface area (Å²) in [5.41, 5.74) is 3.83. The molecule has 0 unspecified atom stereocenters. The Labute approximate surface area is 192 Å². The fourth-order valence-electron chi connectivity index (χ4n) is 5.77. The van der Waals surface area contributed by atoms with Gasteiger partial charge in [-0.15, -0.1) is 0 Å². The summed E-state index contributed by atoms with van der Waals surface area (Å²) in [6.07, 6.45) is 12.7. The molecule has 3 nitrogen and oxygen atoms in total. The van der Waals surface area contributed by atoms with Crippen molar-refractivity contribution in [2.24, 2.45) is 17.8 Å². The molecule has 0 bridgehead atoms. The fourth-order valence-corrected chi connectivity index (χ4v) is 6.05. The number of hydrogen-bond donors (Lipinski definition) is 2. The quantitative estimate of drug-likeness (QED) is 0.434. The lowest BCUT2D eigenvalue weighted by atomic mass is 9.88. The molecule has 1 heterocycles. The highest BCUT2D eigenvalue weighted by atomic mass is 32.1. The molecular weight excluding hydrogens is 402 g/mol. The normalized spacial score (nSPS) is 29.5. The smallest absolute Gasteiger partial charge is 0.0761 e. The maximum Gasteiger partial charge on any atom is 0.0761 e. The molecule has 1 aromatic rings. The second-order valence-electron chi connectivity index (χ2n) is 9.90. The first-order chi connectivity index (χ1) is 15.0. The highest BCUT2D eigenvalue weighted by molar-refractivity contribution is 7.80. The standard InChI is InChI=1S/C27H37NO2S/c1-19-5-4-6-20(13-19)15-23(29)7-8-25-26-17-21(14-22(26)18-27(25)30)16-24(31)9-12-28-10-2-3-11-28/h4-8,13-14,22-23,25-27,29-30H,2-3,9-12,15-18H2,1H3/t22-,23+,25+,26-,27+/m0/s1. The van der Waals surface area contributed by atoms with Gasteiger partial charge in [-0.1, -0.05) is 65.8 Å². The molecule has 3 aliphatic rings. The Morgan fingerprint density at radius 3 is 2.87 bits per heavy atom. The number of allylic oxidation sites excluding steroid dienone is 2. The summed E-state index contributed by atoms with van der Waals surface area (Å²) in [4.78, 5) is 3.71. The maximum absolute atomic E-state index is 10.6. The molecule has 1 saturated carbocycles. The van der Waals surface area contributed by atoms with Gasteiger partial charge in [0.2, 0.25) is 0 Å². The number of aliphatic hydroxyl groups is 2. The van der Waals surface area contributed by atoms with Crippen LogP contribution in [0.1, 0.15) is 49.7 Å². The van der Waals surface area contributed by atoms with Gasteiger partial charge in [-0.3, -0.25) is 0 Å². The molecule has 2 N–H and O–H groups in total. The van der Waals surface area contributed by atoms with E-state index in [4.69, 9.17) is 12.2 Å². The minimum Gasteiger partial charge on any atom is -0.392 e. The third-order valence-electron chi connectivity index (χ3n) is 7.36. The van der Waals surface area contributed by atoms with Crippen LogP contribution >= 0.6 is 12.2 Å². The molecule has 1 aromatic carbocycles. The molecule has 0 radical (unpaired) electrons. The molecule has 4 heteroatoms. The van der Waals surface area contributed by atoms with E-state index in [9.17, 15) is 10.2 Å². The van der Waals surface area contributed by atoms with Gasteiger partial charge >= 0.3 is 0 Å². The number of aliphatic hydroxyl groups excluding tert-OH is 2. The molecule has 2 aliphatic carbocycles. The number of rotatable bonds is 9. The number of likely N-dealkylation sites (tertiary alicyclic amines) is 1. The third kappa shape index (κ3) is 6.13. The second-order valence-corrected chi connectivity index (χ2v) is 10.5. The minimum atomic E-state index is -0.514. The van der Waals surface area contributed by atoms with E-state index in [0.717, 1.165) is 37.8 Å². The Hall–Kier alpha value is -1.33. The van der Waals surface area contributed by atoms with Gasteiger partial charge in [0.15, 0.2) is 0 Å². The van der Waals surface area contributed by atoms with Crippen LogP contribution in [0.2, 0.25) is 0 Å². The van der Waals surface area contributed by atoms with Crippen molar-refractivity contribution in [1.82, 2.24) is 4.90 Å². The van der Waals surface area contributed by atoms with Crippen LogP contribution in [0.4, 0.5) is 0 Å². The summed E-state index contributed by atoms with van der Waals surface area (Å²) < 4.78 is 0. The maximum atomic E-state index is 10.6. The zero-order chi connectivity index (χ0) is 21.8. The van der Waals surface area contributed by atoms with Crippen molar-refractivity contribution < 1.29 is 10.2 Å². The first-order valence-corrected chi connectivity index (χ1v) is 12.4. The predicted molar refractivity (Wildman–Crippen MR) is 131 cm³/mol. The van der Waals surface area contributed by atoms with E-state index in [0.29, 0.717) is 18.3 Å². The van der Waals surface area contributed by atoms with Gasteiger partial charge in [0.1, 0.15) is 0 Å². The van der Waals surface area contributed by atoms with E-state index in [1.165, 1.54) is 41.9 Å². The number of hydrogen-bond acceptors (Lipinski definition) is 4. The monoisotopic (exact) mass is 439 g/mol. The molecular formula is C27H37NO2S. The van der Waals surface area contributed by atoms with Crippen LogP contribution in [0.15, 0.2) is 48.1 Å². The average molecular weight is 440 g/mol. The summed E-state index contributed by atoms with van der Waals surface area (Å²) in [6.45, 7) is 5.65. The van der Waals surface area contributed by atoms with Crippen LogP contribution in [-0.4, -0.2) is 51.8 Å². The molecule has 5 atom stereocenters. The Balaban J connectivity index is 1.27. The average Bonchev–Trinajstić information content (AvgIpc) is 3.42. The topological polar surface area (TPSA) is 43.7 Å². The first-order valence-electron chi connectivity index (χ1n) is 12.0. The molecule has 4 rings (SSSR count). The van der Waals surface area contributed by atoms with Gasteiger partial charge in [0, 0.05) is 18.9 Å². The SMILES string of the molecule is Cc1cccc(C[C@H](O)C=C[C@@H]2[C@H]3CC(CC(=S)CCN4CCCC4)=C[C@H]3C[C@H]2O)c1. The van der Waals surface area contributed by atoms with Crippen molar-refractivity contribution >= 4 is 17.1 Å². The lowest BCUT2D eigenvalue weighted by Crippen LogP contribution is -2.22. The number of fused-ring (bicyclic) bond motifs is 1. The van der Waals surface area contributed by atoms with Gasteiger partial charge in [0.05, 0.1) is 12.2 Å². The van der Waals surface area contributed by atoms with Crippen LogP contribution < -0.4 is 0 Å². The van der Waals surface area contributed by atoms with E-state index < -0.39 is 6.10 Å². The third-order valence-corrected chi connectivity index (χ3v) is 7.71. The van der Waals surface area contributed by atoms with Crippen molar-refractivity contribution in [3.8, 4) is 0 Å². The predicted octanol–water partition coefficient (Wildman–Crippen LogP) is 4.64. The van der Waals surface area contributed by atoms with Gasteiger partial charge in [0.25, 0.3) is 0 Å². The van der Waals surface area contributed by atoms with Crippen molar-refractivity contribution in [3.63, 3.8) is 0 Å². The van der Waals surface area contributed by atoms with Gasteiger partial charge in [-0.05, 0) is 80.8 Å². The van der Waals surface area contributed by atoms with Crippen LogP contribution in [0.5, 0.6) is 0 Å². The molecule has 0 aromatic heterocycles. The van der Waals surface area contributed by atoms with Gasteiger partial charge in [-0.25, -0.2) is 0 Å². The molecule has 31 heavy (non-hydrogen) atoms. The summed E-state index contributed by atoms with van der Waals surface area (Å²) in [7, 11) is 0. The Morgan fingerprint density at radius 1 is 1.29 bits per heavy atom. The number of aryl methyl sites for hydroxylation is 1. The highest BCUT2D eigenvalue weighted by Gasteiger charge is 2.43. The van der Waals surface area contributed by atoms with E-state index in [1.807, 2.05) is 12.1 Å². The lowest BCUT2D eigenvalue weighted by Gasteiger charge is -2.19. The van der Waals surface area contributed by atoms with E-state index in [2.05, 4.69) is 42.2 Å². The molecule has 0 amide bonds. The summed E-state index contributed by atoms with van der Waals surface area (Å²) in [5.74, 6) is 1.04. The minimum absolute atomic E-state index is 0.129. The second kappa shape index (κ2) is 10.5. The van der Waals surface area contributed by atoms with E-state index >= 15 is 0 Å². The number of benzene rings is 1.